The maximum absolute atomic E-state index is 11.7. The summed E-state index contributed by atoms with van der Waals surface area (Å²) < 4.78 is 5.13. The summed E-state index contributed by atoms with van der Waals surface area (Å²) in [6, 6.07) is 3.56. The van der Waals surface area contributed by atoms with E-state index in [1.165, 1.54) is 11.2 Å². The molecule has 74 valence electrons. The first kappa shape index (κ1) is 10.3. The number of amides is 1. The lowest BCUT2D eigenvalue weighted by Gasteiger charge is -2.12. The minimum absolute atomic E-state index is 0.0904. The van der Waals surface area contributed by atoms with Crippen LogP contribution in [0.15, 0.2) is 16.7 Å². The zero-order valence-electron chi connectivity index (χ0n) is 8.28. The smallest absolute Gasteiger partial charge is 0.257 e. The van der Waals surface area contributed by atoms with Crippen molar-refractivity contribution in [2.24, 2.45) is 0 Å². The Morgan fingerprint density at radius 2 is 2.43 bits per heavy atom. The first-order valence-corrected chi connectivity index (χ1v) is 4.39. The van der Waals surface area contributed by atoms with Gasteiger partial charge in [0.05, 0.1) is 17.9 Å². The number of aryl methyl sites for hydroxylation is 1. The highest BCUT2D eigenvalue weighted by Gasteiger charge is 2.16. The minimum Gasteiger partial charge on any atom is -0.469 e. The average molecular weight is 192 g/mol. The summed E-state index contributed by atoms with van der Waals surface area (Å²) in [5.74, 6) is 0.497. The van der Waals surface area contributed by atoms with Gasteiger partial charge in [-0.2, -0.15) is 5.26 Å². The van der Waals surface area contributed by atoms with Gasteiger partial charge in [0.2, 0.25) is 0 Å². The maximum Gasteiger partial charge on any atom is 0.257 e. The Morgan fingerprint density at radius 1 is 1.71 bits per heavy atom. The van der Waals surface area contributed by atoms with Crippen LogP contribution >= 0.6 is 0 Å². The molecule has 0 fully saturated rings. The van der Waals surface area contributed by atoms with Crippen molar-refractivity contribution in [3.63, 3.8) is 0 Å². The van der Waals surface area contributed by atoms with Crippen molar-refractivity contribution < 1.29 is 9.21 Å². The molecule has 0 aromatic carbocycles. The molecule has 0 aliphatic rings. The van der Waals surface area contributed by atoms with Crippen LogP contribution < -0.4 is 0 Å². The summed E-state index contributed by atoms with van der Waals surface area (Å²) in [6.45, 7) is 2.01. The molecule has 4 nitrogen and oxygen atoms in total. The monoisotopic (exact) mass is 192 g/mol. The fourth-order valence-corrected chi connectivity index (χ4v) is 1.19. The molecule has 1 heterocycles. The molecule has 14 heavy (non-hydrogen) atoms. The van der Waals surface area contributed by atoms with Crippen LogP contribution in [0.5, 0.6) is 0 Å². The molecule has 0 N–H and O–H groups in total. The van der Waals surface area contributed by atoms with Gasteiger partial charge in [-0.05, 0) is 6.07 Å². The van der Waals surface area contributed by atoms with Crippen molar-refractivity contribution in [3.8, 4) is 6.07 Å². The largest absolute Gasteiger partial charge is 0.469 e. The topological polar surface area (TPSA) is 57.2 Å². The normalized spacial score (nSPS) is 9.50. The van der Waals surface area contributed by atoms with Gasteiger partial charge in [-0.1, -0.05) is 6.92 Å². The zero-order chi connectivity index (χ0) is 10.6. The van der Waals surface area contributed by atoms with E-state index in [0.717, 1.165) is 0 Å². The Hall–Kier alpha value is -1.76. The van der Waals surface area contributed by atoms with Crippen LogP contribution in [-0.4, -0.2) is 24.4 Å². The van der Waals surface area contributed by atoms with E-state index in [2.05, 4.69) is 0 Å². The first-order valence-electron chi connectivity index (χ1n) is 4.39. The molecule has 0 radical (unpaired) electrons. The highest BCUT2D eigenvalue weighted by molar-refractivity contribution is 5.95. The van der Waals surface area contributed by atoms with Crippen molar-refractivity contribution in [3.05, 3.63) is 23.7 Å². The molecule has 1 rings (SSSR count). The molecule has 0 bridgehead atoms. The fourth-order valence-electron chi connectivity index (χ4n) is 1.19. The van der Waals surface area contributed by atoms with Gasteiger partial charge in [-0.25, -0.2) is 0 Å². The number of hydrogen-bond acceptors (Lipinski definition) is 3. The Morgan fingerprint density at radius 3 is 3.00 bits per heavy atom. The van der Waals surface area contributed by atoms with E-state index in [-0.39, 0.29) is 12.5 Å². The number of carbonyl (C=O) groups excluding carboxylic acids is 1. The Kier molecular flexibility index (Phi) is 3.29. The molecule has 1 amide bonds. The predicted molar refractivity (Wildman–Crippen MR) is 50.7 cm³/mol. The van der Waals surface area contributed by atoms with E-state index in [1.807, 2.05) is 13.0 Å². The summed E-state index contributed by atoms with van der Waals surface area (Å²) in [5, 5.41) is 8.44. The fraction of sp³-hybridized carbons (Fsp3) is 0.400. The quantitative estimate of drug-likeness (QED) is 0.681. The van der Waals surface area contributed by atoms with E-state index in [1.54, 1.807) is 13.1 Å². The molecule has 0 spiro atoms. The van der Waals surface area contributed by atoms with Crippen LogP contribution in [0.2, 0.25) is 0 Å². The van der Waals surface area contributed by atoms with Gasteiger partial charge in [0, 0.05) is 13.5 Å². The van der Waals surface area contributed by atoms with Crippen LogP contribution in [0.1, 0.15) is 23.0 Å². The molecule has 0 atom stereocenters. The standard InChI is InChI=1S/C10H12N2O2/c1-3-9-8(4-7-14-9)10(13)12(2)6-5-11/h4,7H,3,6H2,1-2H3. The Bertz CT molecular complexity index is 362. The SMILES string of the molecule is CCc1occc1C(=O)N(C)CC#N. The number of nitrogens with zero attached hydrogens (tertiary/aromatic N) is 2. The summed E-state index contributed by atoms with van der Waals surface area (Å²) >= 11 is 0. The molecular weight excluding hydrogens is 180 g/mol. The Balaban J connectivity index is 2.84. The maximum atomic E-state index is 11.7. The molecule has 0 aliphatic carbocycles. The second-order valence-corrected chi connectivity index (χ2v) is 2.93. The summed E-state index contributed by atoms with van der Waals surface area (Å²) in [7, 11) is 1.60. The van der Waals surface area contributed by atoms with Gasteiger partial charge in [0.25, 0.3) is 5.91 Å². The van der Waals surface area contributed by atoms with Crippen molar-refractivity contribution >= 4 is 5.91 Å². The van der Waals surface area contributed by atoms with E-state index in [0.29, 0.717) is 17.7 Å². The van der Waals surface area contributed by atoms with E-state index >= 15 is 0 Å². The summed E-state index contributed by atoms with van der Waals surface area (Å²) in [4.78, 5) is 13.1. The van der Waals surface area contributed by atoms with Crippen molar-refractivity contribution in [2.45, 2.75) is 13.3 Å². The summed E-state index contributed by atoms with van der Waals surface area (Å²) in [6.07, 6.45) is 2.17. The number of hydrogen-bond donors (Lipinski definition) is 0. The molecule has 0 aliphatic heterocycles. The molecule has 1 aromatic rings. The third kappa shape index (κ3) is 1.94. The highest BCUT2D eigenvalue weighted by atomic mass is 16.3. The molecule has 0 unspecified atom stereocenters. The molecule has 4 heteroatoms. The lowest BCUT2D eigenvalue weighted by molar-refractivity contribution is 0.0810. The summed E-state index contributed by atoms with van der Waals surface area (Å²) in [5.41, 5.74) is 0.547. The first-order chi connectivity index (χ1) is 6.70. The highest BCUT2D eigenvalue weighted by Crippen LogP contribution is 2.12. The number of nitriles is 1. The average Bonchev–Trinajstić information content (AvgIpc) is 2.64. The van der Waals surface area contributed by atoms with Crippen LogP contribution in [0.3, 0.4) is 0 Å². The third-order valence-corrected chi connectivity index (χ3v) is 1.95. The lowest BCUT2D eigenvalue weighted by atomic mass is 10.2. The predicted octanol–water partition coefficient (Wildman–Crippen LogP) is 1.44. The second-order valence-electron chi connectivity index (χ2n) is 2.93. The number of carbonyl (C=O) groups is 1. The number of rotatable bonds is 3. The molecule has 0 saturated carbocycles. The third-order valence-electron chi connectivity index (χ3n) is 1.95. The van der Waals surface area contributed by atoms with E-state index in [4.69, 9.17) is 9.68 Å². The van der Waals surface area contributed by atoms with Crippen LogP contribution in [0, 0.1) is 11.3 Å². The second kappa shape index (κ2) is 4.47. The lowest BCUT2D eigenvalue weighted by Crippen LogP contribution is -2.27. The van der Waals surface area contributed by atoms with Gasteiger partial charge in [-0.15, -0.1) is 0 Å². The van der Waals surface area contributed by atoms with E-state index < -0.39 is 0 Å². The van der Waals surface area contributed by atoms with Gasteiger partial charge >= 0.3 is 0 Å². The van der Waals surface area contributed by atoms with Gasteiger partial charge in [0.1, 0.15) is 12.3 Å². The molecule has 1 aromatic heterocycles. The Labute approximate surface area is 82.7 Å². The van der Waals surface area contributed by atoms with Gasteiger partial charge in [-0.3, -0.25) is 4.79 Å². The van der Waals surface area contributed by atoms with Gasteiger partial charge in [0.15, 0.2) is 0 Å². The van der Waals surface area contributed by atoms with E-state index in [9.17, 15) is 4.79 Å². The molecular formula is C10H12N2O2. The van der Waals surface area contributed by atoms with Crippen molar-refractivity contribution in [1.29, 1.82) is 5.26 Å². The van der Waals surface area contributed by atoms with Crippen LogP contribution in [0.25, 0.3) is 0 Å². The number of furan rings is 1. The van der Waals surface area contributed by atoms with Gasteiger partial charge < -0.3 is 9.32 Å². The van der Waals surface area contributed by atoms with Crippen molar-refractivity contribution in [2.75, 3.05) is 13.6 Å². The zero-order valence-corrected chi connectivity index (χ0v) is 8.28. The minimum atomic E-state index is -0.169. The van der Waals surface area contributed by atoms with Crippen molar-refractivity contribution in [1.82, 2.24) is 4.90 Å². The van der Waals surface area contributed by atoms with Crippen LogP contribution in [0.4, 0.5) is 0 Å². The van der Waals surface area contributed by atoms with Crippen LogP contribution in [-0.2, 0) is 6.42 Å². The molecule has 0 saturated heterocycles.